The Balaban J connectivity index is 1.52. The van der Waals surface area contributed by atoms with Gasteiger partial charge in [0.25, 0.3) is 0 Å². The summed E-state index contributed by atoms with van der Waals surface area (Å²) < 4.78 is 0. The molecule has 0 bridgehead atoms. The lowest BCUT2D eigenvalue weighted by Gasteiger charge is -2.63. The SMILES string of the molecule is CCC12C=CC1(CC)C1N(c3ccccc3)c3nc(-c4c(C)cc(C)cc4C)c(-c4c(C)cc(C)cc4C)nc3N1c1ccccc12. The molecule has 0 fully saturated rings. The predicted molar refractivity (Wildman–Crippen MR) is 196 cm³/mol. The molecule has 4 aromatic carbocycles. The maximum absolute atomic E-state index is 5.81. The Bertz CT molecular complexity index is 2060. The molecule has 47 heavy (non-hydrogen) atoms. The molecule has 0 amide bonds. The lowest BCUT2D eigenvalue weighted by atomic mass is 9.47. The van der Waals surface area contributed by atoms with Gasteiger partial charge in [-0.1, -0.05) is 97.8 Å². The molecular formula is C43H44N4. The number of rotatable bonds is 5. The van der Waals surface area contributed by atoms with E-state index in [2.05, 4.69) is 156 Å². The number of allylic oxidation sites excluding steroid dienone is 1. The van der Waals surface area contributed by atoms with Crippen LogP contribution in [0.2, 0.25) is 0 Å². The molecule has 0 spiro atoms. The van der Waals surface area contributed by atoms with Gasteiger partial charge in [0.15, 0.2) is 11.6 Å². The van der Waals surface area contributed by atoms with E-state index >= 15 is 0 Å². The van der Waals surface area contributed by atoms with Crippen LogP contribution in [0.3, 0.4) is 0 Å². The van der Waals surface area contributed by atoms with Gasteiger partial charge in [0.05, 0.1) is 11.4 Å². The van der Waals surface area contributed by atoms with Crippen LogP contribution in [-0.4, -0.2) is 16.1 Å². The van der Waals surface area contributed by atoms with E-state index in [0.717, 1.165) is 41.6 Å². The fraction of sp³-hybridized carbons (Fsp3) is 0.302. The number of aryl methyl sites for hydroxylation is 6. The Morgan fingerprint density at radius 1 is 0.596 bits per heavy atom. The topological polar surface area (TPSA) is 32.3 Å². The van der Waals surface area contributed by atoms with Crippen molar-refractivity contribution in [1.29, 1.82) is 0 Å². The summed E-state index contributed by atoms with van der Waals surface area (Å²) in [7, 11) is 0. The zero-order valence-electron chi connectivity index (χ0n) is 28.9. The van der Waals surface area contributed by atoms with E-state index in [0.29, 0.717) is 0 Å². The highest BCUT2D eigenvalue weighted by molar-refractivity contribution is 5.93. The largest absolute Gasteiger partial charge is 0.301 e. The summed E-state index contributed by atoms with van der Waals surface area (Å²) in [5, 5.41) is 0. The molecule has 1 aliphatic carbocycles. The predicted octanol–water partition coefficient (Wildman–Crippen LogP) is 10.9. The number of nitrogens with zero attached hydrogens (tertiary/aromatic N) is 4. The fourth-order valence-corrected chi connectivity index (χ4v) is 9.57. The second kappa shape index (κ2) is 10.4. The molecule has 0 radical (unpaired) electrons. The lowest BCUT2D eigenvalue weighted by molar-refractivity contribution is 0.122. The lowest BCUT2D eigenvalue weighted by Crippen LogP contribution is -2.66. The van der Waals surface area contributed by atoms with Crippen LogP contribution < -0.4 is 9.80 Å². The summed E-state index contributed by atoms with van der Waals surface area (Å²) in [4.78, 5) is 16.7. The molecule has 4 nitrogen and oxygen atoms in total. The number of benzene rings is 4. The molecule has 4 heteroatoms. The van der Waals surface area contributed by atoms with Crippen LogP contribution >= 0.6 is 0 Å². The van der Waals surface area contributed by atoms with E-state index in [1.165, 1.54) is 55.8 Å². The Morgan fingerprint density at radius 2 is 1.11 bits per heavy atom. The van der Waals surface area contributed by atoms with Crippen molar-refractivity contribution in [3.63, 3.8) is 0 Å². The minimum absolute atomic E-state index is 0.00623. The van der Waals surface area contributed by atoms with E-state index in [-0.39, 0.29) is 17.0 Å². The van der Waals surface area contributed by atoms with Crippen LogP contribution in [0.15, 0.2) is 91.0 Å². The van der Waals surface area contributed by atoms with Gasteiger partial charge in [0, 0.05) is 33.3 Å². The molecule has 0 N–H and O–H groups in total. The zero-order chi connectivity index (χ0) is 32.8. The first-order valence-corrected chi connectivity index (χ1v) is 17.2. The molecule has 1 aromatic heterocycles. The van der Waals surface area contributed by atoms with E-state index < -0.39 is 0 Å². The van der Waals surface area contributed by atoms with Crippen LogP contribution in [0.1, 0.15) is 65.6 Å². The fourth-order valence-electron chi connectivity index (χ4n) is 9.57. The first-order chi connectivity index (χ1) is 22.7. The maximum Gasteiger partial charge on any atom is 0.179 e. The third-order valence-corrected chi connectivity index (χ3v) is 11.4. The monoisotopic (exact) mass is 616 g/mol. The van der Waals surface area contributed by atoms with Gasteiger partial charge in [-0.25, -0.2) is 9.97 Å². The summed E-state index contributed by atoms with van der Waals surface area (Å²) in [6.45, 7) is 18.0. The molecule has 0 saturated heterocycles. The molecule has 3 heterocycles. The highest BCUT2D eigenvalue weighted by Gasteiger charge is 2.67. The molecule has 8 rings (SSSR count). The van der Waals surface area contributed by atoms with Crippen molar-refractivity contribution in [2.75, 3.05) is 9.80 Å². The Morgan fingerprint density at radius 3 is 1.60 bits per heavy atom. The molecule has 2 aliphatic heterocycles. The summed E-state index contributed by atoms with van der Waals surface area (Å²) in [5.41, 5.74) is 15.3. The first-order valence-electron chi connectivity index (χ1n) is 17.2. The van der Waals surface area contributed by atoms with Gasteiger partial charge < -0.3 is 9.80 Å². The number of hydrogen-bond acceptors (Lipinski definition) is 4. The quantitative estimate of drug-likeness (QED) is 0.184. The van der Waals surface area contributed by atoms with Crippen molar-refractivity contribution >= 4 is 23.0 Å². The minimum Gasteiger partial charge on any atom is -0.301 e. The van der Waals surface area contributed by atoms with Gasteiger partial charge >= 0.3 is 0 Å². The highest BCUT2D eigenvalue weighted by Crippen LogP contribution is 2.69. The average molecular weight is 617 g/mol. The van der Waals surface area contributed by atoms with E-state index in [4.69, 9.17) is 9.97 Å². The summed E-state index contributed by atoms with van der Waals surface area (Å²) in [6, 6.07) is 29.0. The molecule has 0 saturated carbocycles. The third kappa shape index (κ3) is 3.88. The average Bonchev–Trinajstić information content (AvgIpc) is 3.35. The van der Waals surface area contributed by atoms with Gasteiger partial charge in [-0.2, -0.15) is 0 Å². The molecule has 3 atom stereocenters. The van der Waals surface area contributed by atoms with Crippen LogP contribution in [0, 0.1) is 47.0 Å². The van der Waals surface area contributed by atoms with E-state index in [9.17, 15) is 0 Å². The van der Waals surface area contributed by atoms with Crippen molar-refractivity contribution in [3.8, 4) is 22.5 Å². The second-order valence-corrected chi connectivity index (χ2v) is 14.1. The van der Waals surface area contributed by atoms with Crippen LogP contribution in [0.25, 0.3) is 22.5 Å². The Hall–Kier alpha value is -4.70. The van der Waals surface area contributed by atoms with Gasteiger partial charge in [0.1, 0.15) is 6.17 Å². The highest BCUT2D eigenvalue weighted by atomic mass is 15.5. The molecule has 236 valence electrons. The van der Waals surface area contributed by atoms with Crippen molar-refractivity contribution < 1.29 is 0 Å². The molecule has 3 unspecified atom stereocenters. The summed E-state index contributed by atoms with van der Waals surface area (Å²) in [5.74, 6) is 1.86. The van der Waals surface area contributed by atoms with Crippen LogP contribution in [0.5, 0.6) is 0 Å². The maximum atomic E-state index is 5.81. The second-order valence-electron chi connectivity index (χ2n) is 14.1. The van der Waals surface area contributed by atoms with Crippen molar-refractivity contribution in [3.05, 3.63) is 130 Å². The normalized spacial score (nSPS) is 22.0. The minimum atomic E-state index is -0.125. The number of hydrogen-bond donors (Lipinski definition) is 0. The molecular weight excluding hydrogens is 573 g/mol. The van der Waals surface area contributed by atoms with Crippen LogP contribution in [0.4, 0.5) is 23.0 Å². The molecule has 3 aliphatic rings. The smallest absolute Gasteiger partial charge is 0.179 e. The van der Waals surface area contributed by atoms with Gasteiger partial charge in [-0.3, -0.25) is 0 Å². The van der Waals surface area contributed by atoms with Crippen molar-refractivity contribution in [1.82, 2.24) is 9.97 Å². The standard InChI is InChI=1S/C43H44N4/c1-9-42-20-21-43(42,10-2)41-46(32-16-12-11-13-17-32)39-40(47(41)34-19-15-14-18-33(34)42)45-38(36-30(7)24-27(4)25-31(36)8)37(44-39)35-28(5)22-26(3)23-29(35)6/h11-25,41H,9-10H2,1-8H3. The Labute approximate surface area is 279 Å². The van der Waals surface area contributed by atoms with Gasteiger partial charge in [-0.15, -0.1) is 0 Å². The van der Waals surface area contributed by atoms with E-state index in [1.54, 1.807) is 0 Å². The zero-order valence-corrected chi connectivity index (χ0v) is 28.9. The summed E-state index contributed by atoms with van der Waals surface area (Å²) in [6.07, 6.45) is 7.02. The van der Waals surface area contributed by atoms with Crippen molar-refractivity contribution in [2.24, 2.45) is 5.41 Å². The first kappa shape index (κ1) is 29.7. The number of para-hydroxylation sites is 2. The number of anilines is 4. The van der Waals surface area contributed by atoms with Crippen molar-refractivity contribution in [2.45, 2.75) is 79.8 Å². The van der Waals surface area contributed by atoms with Gasteiger partial charge in [0.2, 0.25) is 0 Å². The van der Waals surface area contributed by atoms with E-state index in [1.807, 2.05) is 0 Å². The number of fused-ring (bicyclic) bond motifs is 8. The van der Waals surface area contributed by atoms with Crippen LogP contribution in [-0.2, 0) is 5.41 Å². The van der Waals surface area contributed by atoms with Gasteiger partial charge in [-0.05, 0) is 100 Å². The third-order valence-electron chi connectivity index (χ3n) is 11.4. The summed E-state index contributed by atoms with van der Waals surface area (Å²) >= 11 is 0. The molecule has 5 aromatic rings. The Kier molecular flexibility index (Phi) is 6.57. The number of aromatic nitrogens is 2.